The number of nitro benzene ring substituents is 1. The number of ether oxygens (including phenoxy) is 1. The summed E-state index contributed by atoms with van der Waals surface area (Å²) in [5.41, 5.74) is 4.41. The van der Waals surface area contributed by atoms with Gasteiger partial charge in [-0.3, -0.25) is 14.9 Å². The fourth-order valence-corrected chi connectivity index (χ4v) is 1.15. The predicted molar refractivity (Wildman–Crippen MR) is 59.3 cm³/mol. The average molecular weight is 254 g/mol. The number of aliphatic carboxylic acids is 1. The molecular weight excluding hydrogens is 244 g/mol. The standard InChI is InChI=1S/C10H10N2O6/c1-5(10(14)15)18-8-3-2-6(9(11)13)4-7(8)12(16)17/h2-5H,1H3,(H2,11,13)(H,14,15). The predicted octanol–water partition coefficient (Wildman–Crippen LogP) is 0.546. The van der Waals surface area contributed by atoms with Crippen molar-refractivity contribution >= 4 is 17.6 Å². The quantitative estimate of drug-likeness (QED) is 0.582. The Kier molecular flexibility index (Phi) is 3.82. The zero-order chi connectivity index (χ0) is 13.9. The molecule has 0 saturated heterocycles. The molecule has 0 aromatic heterocycles. The maximum Gasteiger partial charge on any atom is 0.344 e. The number of hydrogen-bond donors (Lipinski definition) is 2. The molecule has 1 rings (SSSR count). The first kappa shape index (κ1) is 13.4. The van der Waals surface area contributed by atoms with E-state index >= 15 is 0 Å². The normalized spacial score (nSPS) is 11.6. The molecule has 0 aliphatic carbocycles. The Bertz CT molecular complexity index is 513. The Morgan fingerprint density at radius 2 is 2.11 bits per heavy atom. The third-order valence-corrected chi connectivity index (χ3v) is 2.09. The van der Waals surface area contributed by atoms with E-state index in [-0.39, 0.29) is 11.3 Å². The summed E-state index contributed by atoms with van der Waals surface area (Å²) in [6.07, 6.45) is -1.25. The van der Waals surface area contributed by atoms with Gasteiger partial charge in [0.05, 0.1) is 4.92 Å². The van der Waals surface area contributed by atoms with Crippen molar-refractivity contribution in [3.05, 3.63) is 33.9 Å². The third kappa shape index (κ3) is 2.94. The average Bonchev–Trinajstić information content (AvgIpc) is 2.28. The molecule has 0 spiro atoms. The van der Waals surface area contributed by atoms with E-state index in [1.54, 1.807) is 0 Å². The number of carbonyl (C=O) groups excluding carboxylic acids is 1. The summed E-state index contributed by atoms with van der Waals surface area (Å²) in [7, 11) is 0. The Labute approximate surface area is 101 Å². The number of benzene rings is 1. The number of carboxylic acid groups (broad SMARTS) is 1. The lowest BCUT2D eigenvalue weighted by atomic mass is 10.2. The van der Waals surface area contributed by atoms with Crippen LogP contribution >= 0.6 is 0 Å². The molecule has 18 heavy (non-hydrogen) atoms. The molecular formula is C10H10N2O6. The van der Waals surface area contributed by atoms with E-state index < -0.39 is 28.6 Å². The highest BCUT2D eigenvalue weighted by Crippen LogP contribution is 2.28. The van der Waals surface area contributed by atoms with Crippen molar-refractivity contribution in [2.45, 2.75) is 13.0 Å². The molecule has 96 valence electrons. The fraction of sp³-hybridized carbons (Fsp3) is 0.200. The van der Waals surface area contributed by atoms with Crippen LogP contribution in [-0.2, 0) is 4.79 Å². The van der Waals surface area contributed by atoms with Crippen LogP contribution in [0.2, 0.25) is 0 Å². The minimum absolute atomic E-state index is 0.0583. The van der Waals surface area contributed by atoms with Gasteiger partial charge < -0.3 is 15.6 Å². The molecule has 3 N–H and O–H groups in total. The van der Waals surface area contributed by atoms with E-state index in [1.807, 2.05) is 0 Å². The van der Waals surface area contributed by atoms with E-state index in [9.17, 15) is 19.7 Å². The molecule has 0 aliphatic rings. The van der Waals surface area contributed by atoms with Gasteiger partial charge in [-0.1, -0.05) is 0 Å². The number of primary amides is 1. The molecule has 0 fully saturated rings. The van der Waals surface area contributed by atoms with Crippen molar-refractivity contribution < 1.29 is 24.4 Å². The number of nitro groups is 1. The number of amides is 1. The molecule has 0 heterocycles. The molecule has 1 atom stereocenters. The van der Waals surface area contributed by atoms with Crippen LogP contribution in [-0.4, -0.2) is 28.0 Å². The van der Waals surface area contributed by atoms with Gasteiger partial charge in [-0.15, -0.1) is 0 Å². The topological polar surface area (TPSA) is 133 Å². The summed E-state index contributed by atoms with van der Waals surface area (Å²) >= 11 is 0. The van der Waals surface area contributed by atoms with Crippen LogP contribution in [0.1, 0.15) is 17.3 Å². The van der Waals surface area contributed by atoms with Crippen LogP contribution in [0.15, 0.2) is 18.2 Å². The highest BCUT2D eigenvalue weighted by atomic mass is 16.6. The van der Waals surface area contributed by atoms with Gasteiger partial charge in [0, 0.05) is 11.6 Å². The molecule has 8 nitrogen and oxygen atoms in total. The van der Waals surface area contributed by atoms with Gasteiger partial charge in [0.15, 0.2) is 11.9 Å². The second-order valence-corrected chi connectivity index (χ2v) is 3.40. The van der Waals surface area contributed by atoms with Crippen molar-refractivity contribution in [2.24, 2.45) is 5.73 Å². The Balaban J connectivity index is 3.16. The van der Waals surface area contributed by atoms with E-state index in [0.29, 0.717) is 0 Å². The van der Waals surface area contributed by atoms with Crippen LogP contribution in [0.3, 0.4) is 0 Å². The molecule has 1 amide bonds. The minimum Gasteiger partial charge on any atom is -0.479 e. The highest BCUT2D eigenvalue weighted by Gasteiger charge is 2.22. The first-order chi connectivity index (χ1) is 8.32. The number of nitrogens with zero attached hydrogens (tertiary/aromatic N) is 1. The Morgan fingerprint density at radius 1 is 1.50 bits per heavy atom. The van der Waals surface area contributed by atoms with E-state index in [2.05, 4.69) is 0 Å². The number of rotatable bonds is 5. The van der Waals surface area contributed by atoms with Crippen molar-refractivity contribution in [1.29, 1.82) is 0 Å². The second-order valence-electron chi connectivity index (χ2n) is 3.40. The summed E-state index contributed by atoms with van der Waals surface area (Å²) in [5.74, 6) is -2.32. The van der Waals surface area contributed by atoms with Gasteiger partial charge in [0.25, 0.3) is 0 Å². The molecule has 1 aromatic rings. The number of nitrogens with two attached hydrogens (primary N) is 1. The number of carboxylic acids is 1. The van der Waals surface area contributed by atoms with E-state index in [0.717, 1.165) is 12.1 Å². The lowest BCUT2D eigenvalue weighted by Gasteiger charge is -2.10. The first-order valence-electron chi connectivity index (χ1n) is 4.80. The van der Waals surface area contributed by atoms with Gasteiger partial charge >= 0.3 is 11.7 Å². The maximum atomic E-state index is 10.9. The summed E-state index contributed by atoms with van der Waals surface area (Å²) in [4.78, 5) is 31.5. The molecule has 8 heteroatoms. The number of hydrogen-bond acceptors (Lipinski definition) is 5. The lowest BCUT2D eigenvalue weighted by Crippen LogP contribution is -2.23. The van der Waals surface area contributed by atoms with Crippen molar-refractivity contribution in [1.82, 2.24) is 0 Å². The molecule has 0 bridgehead atoms. The summed E-state index contributed by atoms with van der Waals surface area (Å²) < 4.78 is 4.91. The van der Waals surface area contributed by atoms with Crippen molar-refractivity contribution in [3.63, 3.8) is 0 Å². The van der Waals surface area contributed by atoms with Crippen LogP contribution in [0.25, 0.3) is 0 Å². The lowest BCUT2D eigenvalue weighted by molar-refractivity contribution is -0.386. The van der Waals surface area contributed by atoms with Gasteiger partial charge in [0.1, 0.15) is 0 Å². The molecule has 0 radical (unpaired) electrons. The van der Waals surface area contributed by atoms with Crippen LogP contribution in [0.5, 0.6) is 5.75 Å². The third-order valence-electron chi connectivity index (χ3n) is 2.09. The van der Waals surface area contributed by atoms with E-state index in [1.165, 1.54) is 13.0 Å². The van der Waals surface area contributed by atoms with Crippen LogP contribution < -0.4 is 10.5 Å². The molecule has 1 unspecified atom stereocenters. The number of carbonyl (C=O) groups is 2. The zero-order valence-electron chi connectivity index (χ0n) is 9.32. The monoisotopic (exact) mass is 254 g/mol. The molecule has 1 aromatic carbocycles. The minimum atomic E-state index is -1.26. The van der Waals surface area contributed by atoms with Crippen molar-refractivity contribution in [3.8, 4) is 5.75 Å². The highest BCUT2D eigenvalue weighted by molar-refractivity contribution is 5.93. The fourth-order valence-electron chi connectivity index (χ4n) is 1.15. The van der Waals surface area contributed by atoms with E-state index in [4.69, 9.17) is 15.6 Å². The van der Waals surface area contributed by atoms with Crippen LogP contribution in [0.4, 0.5) is 5.69 Å². The Hall–Kier alpha value is -2.64. The SMILES string of the molecule is CC(Oc1ccc(C(N)=O)cc1[N+](=O)[O-])C(=O)O. The van der Waals surface area contributed by atoms with Gasteiger partial charge in [-0.2, -0.15) is 0 Å². The molecule has 0 aliphatic heterocycles. The summed E-state index contributed by atoms with van der Waals surface area (Å²) in [5, 5.41) is 19.4. The first-order valence-corrected chi connectivity index (χ1v) is 4.80. The molecule has 0 saturated carbocycles. The van der Waals surface area contributed by atoms with Crippen molar-refractivity contribution in [2.75, 3.05) is 0 Å². The largest absolute Gasteiger partial charge is 0.479 e. The Morgan fingerprint density at radius 3 is 2.56 bits per heavy atom. The van der Waals surface area contributed by atoms with Gasteiger partial charge in [-0.25, -0.2) is 4.79 Å². The summed E-state index contributed by atoms with van der Waals surface area (Å²) in [6.45, 7) is 1.23. The zero-order valence-corrected chi connectivity index (χ0v) is 9.32. The maximum absolute atomic E-state index is 10.9. The summed E-state index contributed by atoms with van der Waals surface area (Å²) in [6, 6.07) is 3.29. The van der Waals surface area contributed by atoms with Crippen LogP contribution in [0, 0.1) is 10.1 Å². The second kappa shape index (κ2) is 5.13. The van der Waals surface area contributed by atoms with Gasteiger partial charge in [-0.05, 0) is 19.1 Å². The smallest absolute Gasteiger partial charge is 0.344 e. The van der Waals surface area contributed by atoms with Gasteiger partial charge in [0.2, 0.25) is 5.91 Å².